The summed E-state index contributed by atoms with van der Waals surface area (Å²) in [7, 11) is 0. The minimum atomic E-state index is 0.224. The summed E-state index contributed by atoms with van der Waals surface area (Å²) in [5.41, 5.74) is 1.000. The molecule has 1 saturated heterocycles. The minimum absolute atomic E-state index is 0.224. The molecule has 22 heavy (non-hydrogen) atoms. The predicted octanol–water partition coefficient (Wildman–Crippen LogP) is 2.35. The van der Waals surface area contributed by atoms with Crippen LogP contribution in [0.15, 0.2) is 6.20 Å². The fourth-order valence-corrected chi connectivity index (χ4v) is 3.44. The second kappa shape index (κ2) is 9.26. The first-order valence-electron chi connectivity index (χ1n) is 8.93. The van der Waals surface area contributed by atoms with Crippen LogP contribution in [-0.4, -0.2) is 51.2 Å². The van der Waals surface area contributed by atoms with Crippen molar-refractivity contribution in [1.82, 2.24) is 19.9 Å². The van der Waals surface area contributed by atoms with E-state index in [0.717, 1.165) is 36.9 Å². The van der Waals surface area contributed by atoms with Gasteiger partial charge in [0.15, 0.2) is 0 Å². The number of nitrogens with zero attached hydrogens (tertiary/aromatic N) is 4. The van der Waals surface area contributed by atoms with E-state index in [2.05, 4.69) is 29.1 Å². The summed E-state index contributed by atoms with van der Waals surface area (Å²) in [6.07, 6.45) is 8.82. The number of aromatic nitrogens is 3. The SMILES string of the molecule is CCC[C@@H](C)CN1CCC(Cn2cc(CCCO)nn2)CC1. The number of likely N-dealkylation sites (tertiary alicyclic amines) is 1. The lowest BCUT2D eigenvalue weighted by molar-refractivity contribution is 0.150. The Kier molecular flexibility index (Phi) is 7.33. The second-order valence-corrected chi connectivity index (χ2v) is 6.90. The van der Waals surface area contributed by atoms with Crippen LogP contribution in [-0.2, 0) is 13.0 Å². The Morgan fingerprint density at radius 1 is 1.36 bits per heavy atom. The van der Waals surface area contributed by atoms with Crippen molar-refractivity contribution in [3.05, 3.63) is 11.9 Å². The van der Waals surface area contributed by atoms with E-state index in [-0.39, 0.29) is 6.61 Å². The van der Waals surface area contributed by atoms with E-state index in [1.165, 1.54) is 45.3 Å². The van der Waals surface area contributed by atoms with Gasteiger partial charge in [-0.3, -0.25) is 4.68 Å². The van der Waals surface area contributed by atoms with Gasteiger partial charge in [0.25, 0.3) is 0 Å². The standard InChI is InChI=1S/C17H32N4O/c1-3-5-15(2)12-20-9-7-16(8-10-20)13-21-14-17(18-19-21)6-4-11-22/h14-16,22H,3-13H2,1-2H3/t15-/m1/s1. The molecule has 1 aromatic heterocycles. The molecular weight excluding hydrogens is 276 g/mol. The molecule has 126 valence electrons. The molecule has 5 nitrogen and oxygen atoms in total. The van der Waals surface area contributed by atoms with Crippen LogP contribution in [0.5, 0.6) is 0 Å². The summed E-state index contributed by atoms with van der Waals surface area (Å²) in [5.74, 6) is 1.55. The number of aliphatic hydroxyl groups is 1. The summed E-state index contributed by atoms with van der Waals surface area (Å²) in [4.78, 5) is 2.63. The minimum Gasteiger partial charge on any atom is -0.396 e. The molecule has 0 aliphatic carbocycles. The Morgan fingerprint density at radius 2 is 2.14 bits per heavy atom. The molecule has 1 aliphatic rings. The van der Waals surface area contributed by atoms with E-state index in [0.29, 0.717) is 0 Å². The van der Waals surface area contributed by atoms with E-state index in [9.17, 15) is 0 Å². The lowest BCUT2D eigenvalue weighted by atomic mass is 9.95. The van der Waals surface area contributed by atoms with Gasteiger partial charge >= 0.3 is 0 Å². The van der Waals surface area contributed by atoms with Crippen molar-refractivity contribution >= 4 is 0 Å². The van der Waals surface area contributed by atoms with Crippen molar-refractivity contribution in [3.8, 4) is 0 Å². The Balaban J connectivity index is 1.69. The molecule has 2 heterocycles. The van der Waals surface area contributed by atoms with E-state index >= 15 is 0 Å². The van der Waals surface area contributed by atoms with Gasteiger partial charge in [-0.05, 0) is 57.0 Å². The molecule has 5 heteroatoms. The third kappa shape index (κ3) is 5.69. The van der Waals surface area contributed by atoms with E-state index in [1.54, 1.807) is 0 Å². The Hall–Kier alpha value is -0.940. The van der Waals surface area contributed by atoms with Crippen LogP contribution in [0.2, 0.25) is 0 Å². The normalized spacial score (nSPS) is 18.7. The maximum atomic E-state index is 8.86. The third-order valence-electron chi connectivity index (χ3n) is 4.68. The molecular formula is C17H32N4O. The molecule has 0 unspecified atom stereocenters. The van der Waals surface area contributed by atoms with Crippen LogP contribution in [0.25, 0.3) is 0 Å². The highest BCUT2D eigenvalue weighted by molar-refractivity contribution is 4.92. The molecule has 0 spiro atoms. The van der Waals surface area contributed by atoms with Crippen LogP contribution >= 0.6 is 0 Å². The van der Waals surface area contributed by atoms with Crippen molar-refractivity contribution < 1.29 is 5.11 Å². The van der Waals surface area contributed by atoms with E-state index in [1.807, 2.05) is 10.9 Å². The van der Waals surface area contributed by atoms with Gasteiger partial charge in [-0.1, -0.05) is 25.5 Å². The Bertz CT molecular complexity index is 413. The van der Waals surface area contributed by atoms with Crippen molar-refractivity contribution in [2.24, 2.45) is 11.8 Å². The summed E-state index contributed by atoms with van der Waals surface area (Å²) < 4.78 is 1.99. The lowest BCUT2D eigenvalue weighted by Gasteiger charge is -2.33. The summed E-state index contributed by atoms with van der Waals surface area (Å²) in [5, 5.41) is 17.3. The maximum Gasteiger partial charge on any atom is 0.0828 e. The zero-order valence-corrected chi connectivity index (χ0v) is 14.2. The van der Waals surface area contributed by atoms with E-state index < -0.39 is 0 Å². The molecule has 0 aromatic carbocycles. The van der Waals surface area contributed by atoms with Crippen LogP contribution < -0.4 is 0 Å². The van der Waals surface area contributed by atoms with Gasteiger partial charge in [0.05, 0.1) is 5.69 Å². The average Bonchev–Trinajstić information content (AvgIpc) is 2.95. The topological polar surface area (TPSA) is 54.2 Å². The Labute approximate surface area is 134 Å². The van der Waals surface area contributed by atoms with Gasteiger partial charge in [0.1, 0.15) is 0 Å². The average molecular weight is 308 g/mol. The van der Waals surface area contributed by atoms with Gasteiger partial charge in [-0.2, -0.15) is 0 Å². The van der Waals surface area contributed by atoms with Crippen molar-refractivity contribution in [3.63, 3.8) is 0 Å². The van der Waals surface area contributed by atoms with E-state index in [4.69, 9.17) is 5.11 Å². The molecule has 0 amide bonds. The highest BCUT2D eigenvalue weighted by Crippen LogP contribution is 2.20. The number of aliphatic hydroxyl groups excluding tert-OH is 1. The summed E-state index contributed by atoms with van der Waals surface area (Å²) >= 11 is 0. The summed E-state index contributed by atoms with van der Waals surface area (Å²) in [6, 6.07) is 0. The van der Waals surface area contributed by atoms with Crippen LogP contribution in [0.1, 0.15) is 51.6 Å². The molecule has 1 atom stereocenters. The molecule has 2 rings (SSSR count). The smallest absolute Gasteiger partial charge is 0.0828 e. The first kappa shape index (κ1) is 17.4. The van der Waals surface area contributed by atoms with Gasteiger partial charge < -0.3 is 10.0 Å². The number of hydrogen-bond acceptors (Lipinski definition) is 4. The van der Waals surface area contributed by atoms with Crippen LogP contribution in [0.4, 0.5) is 0 Å². The van der Waals surface area contributed by atoms with Crippen LogP contribution in [0.3, 0.4) is 0 Å². The Morgan fingerprint density at radius 3 is 2.82 bits per heavy atom. The largest absolute Gasteiger partial charge is 0.396 e. The maximum absolute atomic E-state index is 8.86. The number of aryl methyl sites for hydroxylation is 1. The number of rotatable bonds is 9. The molecule has 0 saturated carbocycles. The highest BCUT2D eigenvalue weighted by Gasteiger charge is 2.21. The third-order valence-corrected chi connectivity index (χ3v) is 4.68. The molecule has 1 aromatic rings. The molecule has 0 radical (unpaired) electrons. The van der Waals surface area contributed by atoms with Gasteiger partial charge in [0.2, 0.25) is 0 Å². The van der Waals surface area contributed by atoms with Crippen molar-refractivity contribution in [2.45, 2.75) is 58.9 Å². The molecule has 1 fully saturated rings. The zero-order chi connectivity index (χ0) is 15.8. The fraction of sp³-hybridized carbons (Fsp3) is 0.882. The monoisotopic (exact) mass is 308 g/mol. The van der Waals surface area contributed by atoms with Crippen LogP contribution in [0, 0.1) is 11.8 Å². The van der Waals surface area contributed by atoms with Gasteiger partial charge in [-0.25, -0.2) is 0 Å². The lowest BCUT2D eigenvalue weighted by Crippen LogP contribution is -2.37. The van der Waals surface area contributed by atoms with Gasteiger partial charge in [0, 0.05) is 25.9 Å². The second-order valence-electron chi connectivity index (χ2n) is 6.90. The molecule has 1 N–H and O–H groups in total. The summed E-state index contributed by atoms with van der Waals surface area (Å²) in [6.45, 7) is 9.58. The number of piperidine rings is 1. The number of hydrogen-bond donors (Lipinski definition) is 1. The quantitative estimate of drug-likeness (QED) is 0.761. The molecule has 0 bridgehead atoms. The first-order valence-corrected chi connectivity index (χ1v) is 8.93. The van der Waals surface area contributed by atoms with Gasteiger partial charge in [-0.15, -0.1) is 5.10 Å². The zero-order valence-electron chi connectivity index (χ0n) is 14.2. The first-order chi connectivity index (χ1) is 10.7. The van der Waals surface area contributed by atoms with Crippen molar-refractivity contribution in [1.29, 1.82) is 0 Å². The molecule has 1 aliphatic heterocycles. The highest BCUT2D eigenvalue weighted by atomic mass is 16.2. The fourth-order valence-electron chi connectivity index (χ4n) is 3.44. The van der Waals surface area contributed by atoms with Crippen molar-refractivity contribution in [2.75, 3.05) is 26.2 Å². The predicted molar refractivity (Wildman–Crippen MR) is 88.7 cm³/mol.